The maximum Gasteiger partial charge on any atom is 0.252 e. The van der Waals surface area contributed by atoms with Crippen molar-refractivity contribution in [3.8, 4) is 11.5 Å². The van der Waals surface area contributed by atoms with Gasteiger partial charge in [-0.2, -0.15) is 0 Å². The van der Waals surface area contributed by atoms with Crippen molar-refractivity contribution in [2.45, 2.75) is 26.1 Å². The lowest BCUT2D eigenvalue weighted by atomic mass is 10.1. The lowest BCUT2D eigenvalue weighted by Gasteiger charge is -2.22. The zero-order valence-corrected chi connectivity index (χ0v) is 17.9. The Morgan fingerprint density at radius 3 is 2.79 bits per heavy atom. The molecule has 33 heavy (non-hydrogen) atoms. The smallest absolute Gasteiger partial charge is 0.252 e. The SMILES string of the molecule is O=c1[nH]c2cc3c(cc2cc1CN(CCCO)Cc1nnnn1Cc1ccco1)OCCO3. The first-order chi connectivity index (χ1) is 16.2. The number of hydrogen-bond donors (Lipinski definition) is 2. The number of aliphatic hydroxyl groups is 1. The lowest BCUT2D eigenvalue weighted by Crippen LogP contribution is -2.29. The number of nitrogens with zero attached hydrogens (tertiary/aromatic N) is 5. The van der Waals surface area contributed by atoms with Gasteiger partial charge in [0.2, 0.25) is 0 Å². The summed E-state index contributed by atoms with van der Waals surface area (Å²) in [5, 5.41) is 22.2. The topological polar surface area (TPSA) is 132 Å². The molecule has 0 fully saturated rings. The van der Waals surface area contributed by atoms with Gasteiger partial charge >= 0.3 is 0 Å². The first kappa shape index (κ1) is 21.2. The van der Waals surface area contributed by atoms with Crippen LogP contribution in [0.1, 0.15) is 23.6 Å². The van der Waals surface area contributed by atoms with Crippen molar-refractivity contribution >= 4 is 10.9 Å². The van der Waals surface area contributed by atoms with Crippen LogP contribution in [-0.4, -0.2) is 61.6 Å². The summed E-state index contributed by atoms with van der Waals surface area (Å²) in [4.78, 5) is 17.8. The Labute approximate surface area is 188 Å². The molecule has 11 nitrogen and oxygen atoms in total. The second-order valence-corrected chi connectivity index (χ2v) is 7.83. The van der Waals surface area contributed by atoms with Gasteiger partial charge in [0.05, 0.1) is 18.3 Å². The average molecular weight is 452 g/mol. The number of pyridine rings is 1. The number of hydrogen-bond acceptors (Lipinski definition) is 9. The molecular formula is C22H24N6O5. The zero-order chi connectivity index (χ0) is 22.6. The molecule has 0 saturated carbocycles. The largest absolute Gasteiger partial charge is 0.486 e. The fraction of sp³-hybridized carbons (Fsp3) is 0.364. The van der Waals surface area contributed by atoms with Gasteiger partial charge in [-0.25, -0.2) is 4.68 Å². The molecule has 0 bridgehead atoms. The van der Waals surface area contributed by atoms with Crippen LogP contribution in [0.2, 0.25) is 0 Å². The van der Waals surface area contributed by atoms with Crippen molar-refractivity contribution in [3.63, 3.8) is 0 Å². The molecule has 3 aromatic heterocycles. The van der Waals surface area contributed by atoms with Gasteiger partial charge in [-0.15, -0.1) is 5.10 Å². The van der Waals surface area contributed by atoms with Gasteiger partial charge in [0, 0.05) is 36.7 Å². The highest BCUT2D eigenvalue weighted by Crippen LogP contribution is 2.33. The van der Waals surface area contributed by atoms with E-state index in [2.05, 4.69) is 20.5 Å². The number of H-pyrrole nitrogens is 1. The van der Waals surface area contributed by atoms with Gasteiger partial charge < -0.3 is 24.0 Å². The molecule has 0 unspecified atom stereocenters. The standard InChI is InChI=1S/C22H24N6O5/c29-5-2-4-27(14-21-24-25-26-28(21)13-17-3-1-6-31-17)12-16-9-15-10-19-20(33-8-7-32-19)11-18(15)23-22(16)30/h1,3,6,9-11,29H,2,4-5,7-8,12-14H2,(H,23,30). The van der Waals surface area contributed by atoms with Crippen molar-refractivity contribution < 1.29 is 19.0 Å². The summed E-state index contributed by atoms with van der Waals surface area (Å²) in [6.45, 7) is 2.79. The van der Waals surface area contributed by atoms with E-state index in [1.807, 2.05) is 29.2 Å². The van der Waals surface area contributed by atoms with E-state index in [4.69, 9.17) is 13.9 Å². The Hall–Kier alpha value is -3.70. The van der Waals surface area contributed by atoms with Crippen LogP contribution < -0.4 is 15.0 Å². The van der Waals surface area contributed by atoms with E-state index in [1.165, 1.54) is 0 Å². The van der Waals surface area contributed by atoms with Crippen LogP contribution in [0.25, 0.3) is 10.9 Å². The monoisotopic (exact) mass is 452 g/mol. The van der Waals surface area contributed by atoms with Crippen LogP contribution in [0.4, 0.5) is 0 Å². The molecule has 0 atom stereocenters. The van der Waals surface area contributed by atoms with Gasteiger partial charge in [0.15, 0.2) is 17.3 Å². The molecule has 0 amide bonds. The number of aromatic amines is 1. The number of aliphatic hydroxyl groups excluding tert-OH is 1. The predicted octanol–water partition coefficient (Wildman–Crippen LogP) is 1.31. The summed E-state index contributed by atoms with van der Waals surface area (Å²) in [5.41, 5.74) is 1.11. The van der Waals surface area contributed by atoms with Gasteiger partial charge in [-0.05, 0) is 41.1 Å². The second-order valence-electron chi connectivity index (χ2n) is 7.83. The maximum atomic E-state index is 12.8. The summed E-state index contributed by atoms with van der Waals surface area (Å²) >= 11 is 0. The van der Waals surface area contributed by atoms with E-state index in [0.717, 1.165) is 11.1 Å². The third kappa shape index (κ3) is 4.73. The Bertz CT molecular complexity index is 1280. The van der Waals surface area contributed by atoms with E-state index in [0.29, 0.717) is 74.2 Å². The summed E-state index contributed by atoms with van der Waals surface area (Å²) < 4.78 is 18.3. The molecule has 2 N–H and O–H groups in total. The highest BCUT2D eigenvalue weighted by Gasteiger charge is 2.17. The Kier molecular flexibility index (Phi) is 6.05. The predicted molar refractivity (Wildman–Crippen MR) is 117 cm³/mol. The maximum absolute atomic E-state index is 12.8. The average Bonchev–Trinajstić information content (AvgIpc) is 3.49. The van der Waals surface area contributed by atoms with Crippen molar-refractivity contribution in [2.24, 2.45) is 0 Å². The summed E-state index contributed by atoms with van der Waals surface area (Å²) in [5.74, 6) is 2.68. The number of aromatic nitrogens is 5. The number of furan rings is 1. The Balaban J connectivity index is 1.39. The van der Waals surface area contributed by atoms with Crippen LogP contribution in [-0.2, 0) is 19.6 Å². The van der Waals surface area contributed by atoms with Crippen molar-refractivity contribution in [3.05, 3.63) is 64.1 Å². The third-order valence-corrected chi connectivity index (χ3v) is 5.47. The van der Waals surface area contributed by atoms with Gasteiger partial charge in [-0.3, -0.25) is 9.69 Å². The molecule has 172 valence electrons. The molecule has 4 heterocycles. The summed E-state index contributed by atoms with van der Waals surface area (Å²) in [6.07, 6.45) is 2.16. The van der Waals surface area contributed by atoms with E-state index < -0.39 is 0 Å². The van der Waals surface area contributed by atoms with Crippen LogP contribution in [0, 0.1) is 0 Å². The molecule has 0 saturated heterocycles. The van der Waals surface area contributed by atoms with E-state index >= 15 is 0 Å². The molecule has 1 aromatic carbocycles. The highest BCUT2D eigenvalue weighted by molar-refractivity contribution is 5.83. The van der Waals surface area contributed by atoms with E-state index in [9.17, 15) is 9.90 Å². The number of fused-ring (bicyclic) bond motifs is 2. The minimum absolute atomic E-state index is 0.0470. The fourth-order valence-electron chi connectivity index (χ4n) is 3.86. The van der Waals surface area contributed by atoms with Crippen molar-refractivity contribution in [1.29, 1.82) is 0 Å². The molecule has 1 aliphatic rings. The van der Waals surface area contributed by atoms with Crippen LogP contribution in [0.5, 0.6) is 11.5 Å². The van der Waals surface area contributed by atoms with Crippen LogP contribution in [0.15, 0.2) is 45.8 Å². The number of ether oxygens (including phenoxy) is 2. The molecule has 0 radical (unpaired) electrons. The highest BCUT2D eigenvalue weighted by atomic mass is 16.6. The summed E-state index contributed by atoms with van der Waals surface area (Å²) in [6, 6.07) is 9.21. The molecule has 0 spiro atoms. The first-order valence-electron chi connectivity index (χ1n) is 10.8. The number of benzene rings is 1. The van der Waals surface area contributed by atoms with Gasteiger partial charge in [0.1, 0.15) is 25.5 Å². The minimum atomic E-state index is -0.177. The molecule has 0 aliphatic carbocycles. The Morgan fingerprint density at radius 1 is 1.15 bits per heavy atom. The van der Waals surface area contributed by atoms with E-state index in [1.54, 1.807) is 17.0 Å². The number of nitrogens with one attached hydrogen (secondary N) is 1. The van der Waals surface area contributed by atoms with Gasteiger partial charge in [0.25, 0.3) is 5.56 Å². The molecule has 5 rings (SSSR count). The van der Waals surface area contributed by atoms with Crippen molar-refractivity contribution in [1.82, 2.24) is 30.1 Å². The second kappa shape index (κ2) is 9.43. The molecular weight excluding hydrogens is 428 g/mol. The van der Waals surface area contributed by atoms with Gasteiger partial charge in [-0.1, -0.05) is 0 Å². The lowest BCUT2D eigenvalue weighted by molar-refractivity contribution is 0.172. The Morgan fingerprint density at radius 2 is 2.00 bits per heavy atom. The fourth-order valence-corrected chi connectivity index (χ4v) is 3.86. The number of tetrazole rings is 1. The van der Waals surface area contributed by atoms with Crippen LogP contribution >= 0.6 is 0 Å². The molecule has 4 aromatic rings. The zero-order valence-electron chi connectivity index (χ0n) is 17.9. The summed E-state index contributed by atoms with van der Waals surface area (Å²) in [7, 11) is 0. The molecule has 11 heteroatoms. The third-order valence-electron chi connectivity index (χ3n) is 5.47. The first-order valence-corrected chi connectivity index (χ1v) is 10.8. The minimum Gasteiger partial charge on any atom is -0.486 e. The van der Waals surface area contributed by atoms with Crippen LogP contribution in [0.3, 0.4) is 0 Å². The van der Waals surface area contributed by atoms with Crippen molar-refractivity contribution in [2.75, 3.05) is 26.4 Å². The quantitative estimate of drug-likeness (QED) is 0.386. The van der Waals surface area contributed by atoms with E-state index in [-0.39, 0.29) is 12.2 Å². The normalized spacial score (nSPS) is 13.2. The number of rotatable bonds is 9. The molecule has 1 aliphatic heterocycles.